The molecule has 8 nitrogen and oxygen atoms in total. The highest BCUT2D eigenvalue weighted by Crippen LogP contribution is 2.41. The lowest BCUT2D eigenvalue weighted by molar-refractivity contribution is 0.273. The number of rotatable bonds is 5. The lowest BCUT2D eigenvalue weighted by atomic mass is 10.0. The summed E-state index contributed by atoms with van der Waals surface area (Å²) in [4.78, 5) is 7.41. The summed E-state index contributed by atoms with van der Waals surface area (Å²) in [5.41, 5.74) is 5.43. The number of hydrogen-bond acceptors (Lipinski definition) is 6. The molecule has 39 heavy (non-hydrogen) atoms. The van der Waals surface area contributed by atoms with Crippen molar-refractivity contribution in [3.05, 3.63) is 64.5 Å². The number of imidazole rings is 1. The van der Waals surface area contributed by atoms with Crippen LogP contribution in [0.2, 0.25) is 5.02 Å². The van der Waals surface area contributed by atoms with E-state index in [9.17, 15) is 12.8 Å². The lowest BCUT2D eigenvalue weighted by Gasteiger charge is -2.34. The molecule has 4 heterocycles. The highest BCUT2D eigenvalue weighted by atomic mass is 35.5. The van der Waals surface area contributed by atoms with Crippen molar-refractivity contribution < 1.29 is 17.3 Å². The van der Waals surface area contributed by atoms with Crippen LogP contribution in [0.1, 0.15) is 55.0 Å². The summed E-state index contributed by atoms with van der Waals surface area (Å²) in [6, 6.07) is 11.2. The van der Waals surface area contributed by atoms with E-state index in [1.807, 2.05) is 19.9 Å². The number of fused-ring (bicyclic) bond motifs is 1. The first-order chi connectivity index (χ1) is 18.6. The minimum Gasteiger partial charge on any atom is -0.361 e. The van der Waals surface area contributed by atoms with Crippen LogP contribution in [0.4, 0.5) is 10.1 Å². The number of aryl methyl sites for hydroxylation is 2. The molecule has 2 aromatic heterocycles. The zero-order chi connectivity index (χ0) is 27.5. The minimum atomic E-state index is -3.24. The van der Waals surface area contributed by atoms with Crippen LogP contribution < -0.4 is 4.90 Å². The molecule has 0 radical (unpaired) electrons. The minimum absolute atomic E-state index is 0.0478. The molecule has 0 saturated carbocycles. The molecule has 2 saturated heterocycles. The molecule has 1 atom stereocenters. The van der Waals surface area contributed by atoms with Crippen molar-refractivity contribution in [1.82, 2.24) is 19.0 Å². The van der Waals surface area contributed by atoms with Gasteiger partial charge in [-0.2, -0.15) is 0 Å². The smallest absolute Gasteiger partial charge is 0.211 e. The van der Waals surface area contributed by atoms with Gasteiger partial charge >= 0.3 is 0 Å². The van der Waals surface area contributed by atoms with Crippen LogP contribution in [0.5, 0.6) is 0 Å². The van der Waals surface area contributed by atoms with Crippen molar-refractivity contribution in [1.29, 1.82) is 0 Å². The number of benzene rings is 2. The van der Waals surface area contributed by atoms with Gasteiger partial charge in [-0.3, -0.25) is 0 Å². The largest absolute Gasteiger partial charge is 0.361 e. The molecule has 2 aliphatic heterocycles. The Balaban J connectivity index is 1.46. The molecule has 4 aromatic rings. The lowest BCUT2D eigenvalue weighted by Crippen LogP contribution is -2.39. The Morgan fingerprint density at radius 1 is 1.05 bits per heavy atom. The molecule has 206 valence electrons. The Morgan fingerprint density at radius 3 is 2.49 bits per heavy atom. The number of sulfonamides is 1. The second-order valence-electron chi connectivity index (χ2n) is 10.6. The van der Waals surface area contributed by atoms with Crippen molar-refractivity contribution in [3.63, 3.8) is 0 Å². The molecule has 0 N–H and O–H groups in total. The van der Waals surface area contributed by atoms with Crippen molar-refractivity contribution in [2.45, 2.75) is 51.6 Å². The highest BCUT2D eigenvalue weighted by Gasteiger charge is 2.35. The average Bonchev–Trinajstić information content (AvgIpc) is 3.61. The summed E-state index contributed by atoms with van der Waals surface area (Å²) in [7, 11) is -3.24. The van der Waals surface area contributed by atoms with E-state index in [4.69, 9.17) is 21.1 Å². The van der Waals surface area contributed by atoms with E-state index in [1.165, 1.54) is 12.3 Å². The van der Waals surface area contributed by atoms with Gasteiger partial charge in [-0.25, -0.2) is 22.1 Å². The maximum atomic E-state index is 14.4. The fraction of sp³-hybridized carbons (Fsp3) is 0.429. The van der Waals surface area contributed by atoms with E-state index < -0.39 is 15.8 Å². The van der Waals surface area contributed by atoms with Crippen molar-refractivity contribution in [3.8, 4) is 11.1 Å². The predicted molar refractivity (Wildman–Crippen MR) is 150 cm³/mol. The fourth-order valence-electron chi connectivity index (χ4n) is 6.23. The molecule has 11 heteroatoms. The molecule has 2 aliphatic rings. The Labute approximate surface area is 232 Å². The Kier molecular flexibility index (Phi) is 6.68. The monoisotopic (exact) mass is 571 g/mol. The summed E-state index contributed by atoms with van der Waals surface area (Å²) in [5, 5.41) is 4.22. The van der Waals surface area contributed by atoms with E-state index in [0.717, 1.165) is 64.5 Å². The van der Waals surface area contributed by atoms with E-state index in [0.29, 0.717) is 25.9 Å². The Bertz CT molecular complexity index is 1640. The standard InChI is InChI=1S/C28H31ClFN5O3S/c1-17-27(18(2)38-32-17)19-6-9-25-24(15-19)31-28(35(25)20-10-13-33(14-11-20)39(3,36)37)26-5-4-12-34(26)21-7-8-22(29)23(30)16-21/h6-9,15-16,20,26H,4-5,10-14H2,1-3H3/t26-/m0/s1. The topological polar surface area (TPSA) is 84.5 Å². The van der Waals surface area contributed by atoms with Gasteiger partial charge < -0.3 is 14.0 Å². The summed E-state index contributed by atoms with van der Waals surface area (Å²) in [6.07, 6.45) is 4.49. The second-order valence-corrected chi connectivity index (χ2v) is 13.0. The second kappa shape index (κ2) is 9.91. The van der Waals surface area contributed by atoms with Crippen molar-refractivity contribution >= 4 is 38.3 Å². The predicted octanol–water partition coefficient (Wildman–Crippen LogP) is 6.04. The van der Waals surface area contributed by atoms with Gasteiger partial charge in [0, 0.05) is 36.9 Å². The Morgan fingerprint density at radius 2 is 1.82 bits per heavy atom. The van der Waals surface area contributed by atoms with Gasteiger partial charge in [0.25, 0.3) is 0 Å². The summed E-state index contributed by atoms with van der Waals surface area (Å²) >= 11 is 5.98. The van der Waals surface area contributed by atoms with Gasteiger partial charge in [-0.15, -0.1) is 0 Å². The first-order valence-electron chi connectivity index (χ1n) is 13.2. The fourth-order valence-corrected chi connectivity index (χ4v) is 7.22. The number of nitrogens with zero attached hydrogens (tertiary/aromatic N) is 5. The molecular weight excluding hydrogens is 541 g/mol. The first-order valence-corrected chi connectivity index (χ1v) is 15.5. The van der Waals surface area contributed by atoms with Gasteiger partial charge in [0.2, 0.25) is 10.0 Å². The molecule has 0 aliphatic carbocycles. The van der Waals surface area contributed by atoms with Crippen LogP contribution in [-0.4, -0.2) is 53.3 Å². The van der Waals surface area contributed by atoms with E-state index in [-0.39, 0.29) is 17.1 Å². The summed E-state index contributed by atoms with van der Waals surface area (Å²) in [6.45, 7) is 5.55. The number of anilines is 1. The van der Waals surface area contributed by atoms with Crippen LogP contribution in [0.15, 0.2) is 40.9 Å². The molecule has 0 bridgehead atoms. The van der Waals surface area contributed by atoms with Gasteiger partial charge in [-0.05, 0) is 75.4 Å². The maximum Gasteiger partial charge on any atom is 0.211 e. The van der Waals surface area contributed by atoms with Crippen LogP contribution in [0, 0.1) is 19.7 Å². The van der Waals surface area contributed by atoms with Crippen LogP contribution in [0.25, 0.3) is 22.2 Å². The molecular formula is C28H31ClFN5O3S. The van der Waals surface area contributed by atoms with Crippen LogP contribution in [-0.2, 0) is 10.0 Å². The third kappa shape index (κ3) is 4.72. The zero-order valence-corrected chi connectivity index (χ0v) is 23.8. The molecule has 6 rings (SSSR count). The molecule has 0 unspecified atom stereocenters. The van der Waals surface area contributed by atoms with Gasteiger partial charge in [0.1, 0.15) is 17.4 Å². The quantitative estimate of drug-likeness (QED) is 0.290. The number of halogens is 2. The third-order valence-electron chi connectivity index (χ3n) is 8.08. The van der Waals surface area contributed by atoms with Gasteiger partial charge in [0.15, 0.2) is 0 Å². The summed E-state index contributed by atoms with van der Waals surface area (Å²) < 4.78 is 48.0. The van der Waals surface area contributed by atoms with Gasteiger partial charge in [0.05, 0.1) is 34.0 Å². The highest BCUT2D eigenvalue weighted by molar-refractivity contribution is 7.88. The van der Waals surface area contributed by atoms with Gasteiger partial charge in [-0.1, -0.05) is 22.8 Å². The number of aromatic nitrogens is 3. The van der Waals surface area contributed by atoms with Crippen molar-refractivity contribution in [2.75, 3.05) is 30.8 Å². The molecule has 0 spiro atoms. The average molecular weight is 572 g/mol. The maximum absolute atomic E-state index is 14.4. The van der Waals surface area contributed by atoms with E-state index >= 15 is 0 Å². The normalized spacial score (nSPS) is 19.4. The van der Waals surface area contributed by atoms with E-state index in [1.54, 1.807) is 10.4 Å². The summed E-state index contributed by atoms with van der Waals surface area (Å²) in [5.74, 6) is 1.24. The molecule has 0 amide bonds. The van der Waals surface area contributed by atoms with E-state index in [2.05, 4.69) is 32.8 Å². The van der Waals surface area contributed by atoms with Crippen LogP contribution in [0.3, 0.4) is 0 Å². The molecule has 2 aromatic carbocycles. The third-order valence-corrected chi connectivity index (χ3v) is 9.69. The van der Waals surface area contributed by atoms with Crippen LogP contribution >= 0.6 is 11.6 Å². The number of hydrogen-bond donors (Lipinski definition) is 0. The van der Waals surface area contributed by atoms with Crippen molar-refractivity contribution in [2.24, 2.45) is 0 Å². The number of piperidine rings is 1. The zero-order valence-electron chi connectivity index (χ0n) is 22.2. The first kappa shape index (κ1) is 26.3. The SMILES string of the molecule is Cc1noc(C)c1-c1ccc2c(c1)nc([C@@H]1CCCN1c1ccc(Cl)c(F)c1)n2C1CCN(S(C)(=O)=O)CC1. The Hall–Kier alpha value is -2.95. The molecule has 2 fully saturated rings.